The number of methoxy groups -OCH3 is 2. The molecule has 0 atom stereocenters. The molecular formula is C13H21BrN2O4S. The first-order chi connectivity index (χ1) is 9.97. The van der Waals surface area contributed by atoms with Crippen molar-refractivity contribution in [2.45, 2.75) is 11.4 Å². The Hall–Kier alpha value is -0.510. The SMILES string of the molecule is COCCN(CCOC)S(=O)(=O)c1cc(CN)ccc1Br. The number of sulfonamides is 1. The zero-order chi connectivity index (χ0) is 15.9. The molecule has 0 saturated carbocycles. The first-order valence-corrected chi connectivity index (χ1v) is 8.67. The van der Waals surface area contributed by atoms with Crippen LogP contribution in [-0.4, -0.2) is 53.2 Å². The van der Waals surface area contributed by atoms with Crippen LogP contribution in [0.15, 0.2) is 27.6 Å². The molecule has 8 heteroatoms. The smallest absolute Gasteiger partial charge is 0.244 e. The van der Waals surface area contributed by atoms with Crippen LogP contribution in [0.1, 0.15) is 5.56 Å². The molecule has 0 aliphatic heterocycles. The van der Waals surface area contributed by atoms with Crippen molar-refractivity contribution in [2.24, 2.45) is 5.73 Å². The largest absolute Gasteiger partial charge is 0.383 e. The minimum absolute atomic E-state index is 0.206. The highest BCUT2D eigenvalue weighted by Gasteiger charge is 2.26. The molecule has 0 aliphatic carbocycles. The van der Waals surface area contributed by atoms with Gasteiger partial charge in [-0.2, -0.15) is 4.31 Å². The lowest BCUT2D eigenvalue weighted by Crippen LogP contribution is -2.36. The van der Waals surface area contributed by atoms with Crippen molar-refractivity contribution in [2.75, 3.05) is 40.5 Å². The van der Waals surface area contributed by atoms with E-state index < -0.39 is 10.0 Å². The van der Waals surface area contributed by atoms with E-state index >= 15 is 0 Å². The van der Waals surface area contributed by atoms with Crippen molar-refractivity contribution in [3.8, 4) is 0 Å². The van der Waals surface area contributed by atoms with Crippen LogP contribution in [0.25, 0.3) is 0 Å². The molecule has 21 heavy (non-hydrogen) atoms. The Morgan fingerprint density at radius 2 is 1.76 bits per heavy atom. The summed E-state index contributed by atoms with van der Waals surface area (Å²) in [6.07, 6.45) is 0. The topological polar surface area (TPSA) is 81.9 Å². The lowest BCUT2D eigenvalue weighted by Gasteiger charge is -2.22. The summed E-state index contributed by atoms with van der Waals surface area (Å²) in [6, 6.07) is 5.07. The second-order valence-electron chi connectivity index (χ2n) is 4.36. The molecule has 0 amide bonds. The van der Waals surface area contributed by atoms with Gasteiger partial charge in [-0.25, -0.2) is 8.42 Å². The van der Waals surface area contributed by atoms with Crippen LogP contribution in [0.2, 0.25) is 0 Å². The normalized spacial score (nSPS) is 12.0. The standard InChI is InChI=1S/C13H21BrN2O4S/c1-19-7-5-16(6-8-20-2)21(17,18)13-9-11(10-15)3-4-12(13)14/h3-4,9H,5-8,10,15H2,1-2H3. The summed E-state index contributed by atoms with van der Waals surface area (Å²) in [6.45, 7) is 1.45. The molecule has 0 saturated heterocycles. The first kappa shape index (κ1) is 18.5. The average Bonchev–Trinajstić information content (AvgIpc) is 2.47. The number of hydrogen-bond donors (Lipinski definition) is 1. The number of nitrogens with two attached hydrogens (primary N) is 1. The summed E-state index contributed by atoms with van der Waals surface area (Å²) in [5.74, 6) is 0. The average molecular weight is 381 g/mol. The molecule has 0 fully saturated rings. The third-order valence-electron chi connectivity index (χ3n) is 2.94. The van der Waals surface area contributed by atoms with E-state index in [0.717, 1.165) is 5.56 Å². The Labute approximate surface area is 134 Å². The second kappa shape index (κ2) is 8.82. The minimum Gasteiger partial charge on any atom is -0.383 e. The molecule has 0 heterocycles. The molecular weight excluding hydrogens is 360 g/mol. The van der Waals surface area contributed by atoms with Crippen molar-refractivity contribution in [3.63, 3.8) is 0 Å². The number of rotatable bonds is 9. The van der Waals surface area contributed by atoms with Crippen LogP contribution < -0.4 is 5.73 Å². The van der Waals surface area contributed by atoms with E-state index in [9.17, 15) is 8.42 Å². The maximum Gasteiger partial charge on any atom is 0.244 e. The van der Waals surface area contributed by atoms with Crippen LogP contribution in [0, 0.1) is 0 Å². The number of nitrogens with zero attached hydrogens (tertiary/aromatic N) is 1. The highest BCUT2D eigenvalue weighted by Crippen LogP contribution is 2.26. The van der Waals surface area contributed by atoms with Gasteiger partial charge in [0.15, 0.2) is 0 Å². The Kier molecular flexibility index (Phi) is 7.78. The first-order valence-electron chi connectivity index (χ1n) is 6.44. The fourth-order valence-electron chi connectivity index (χ4n) is 1.75. The number of benzene rings is 1. The molecule has 0 unspecified atom stereocenters. The van der Waals surface area contributed by atoms with Crippen molar-refractivity contribution in [3.05, 3.63) is 28.2 Å². The fourth-order valence-corrected chi connectivity index (χ4v) is 4.13. The van der Waals surface area contributed by atoms with Gasteiger partial charge in [0.1, 0.15) is 0 Å². The predicted molar refractivity (Wildman–Crippen MR) is 84.5 cm³/mol. The lowest BCUT2D eigenvalue weighted by atomic mass is 10.2. The van der Waals surface area contributed by atoms with E-state index in [1.54, 1.807) is 18.2 Å². The van der Waals surface area contributed by atoms with Gasteiger partial charge < -0.3 is 15.2 Å². The molecule has 0 aliphatic rings. The molecule has 0 radical (unpaired) electrons. The van der Waals surface area contributed by atoms with Gasteiger partial charge in [0.05, 0.1) is 18.1 Å². The number of ether oxygens (including phenoxy) is 2. The Bertz CT molecular complexity index is 543. The van der Waals surface area contributed by atoms with Crippen LogP contribution in [0.3, 0.4) is 0 Å². The van der Waals surface area contributed by atoms with Gasteiger partial charge >= 0.3 is 0 Å². The Balaban J connectivity index is 3.14. The van der Waals surface area contributed by atoms with Crippen molar-refractivity contribution in [1.29, 1.82) is 0 Å². The third kappa shape index (κ3) is 5.01. The van der Waals surface area contributed by atoms with Crippen molar-refractivity contribution >= 4 is 26.0 Å². The number of hydrogen-bond acceptors (Lipinski definition) is 5. The van der Waals surface area contributed by atoms with Crippen LogP contribution in [0.4, 0.5) is 0 Å². The van der Waals surface area contributed by atoms with E-state index in [2.05, 4.69) is 15.9 Å². The van der Waals surface area contributed by atoms with Crippen LogP contribution in [-0.2, 0) is 26.0 Å². The number of halogens is 1. The molecule has 6 nitrogen and oxygen atoms in total. The maximum absolute atomic E-state index is 12.8. The monoisotopic (exact) mass is 380 g/mol. The van der Waals surface area contributed by atoms with E-state index in [1.807, 2.05) is 0 Å². The summed E-state index contributed by atoms with van der Waals surface area (Å²) in [5.41, 5.74) is 6.34. The molecule has 1 aromatic carbocycles. The van der Waals surface area contributed by atoms with Gasteiger partial charge in [-0.05, 0) is 33.6 Å². The van der Waals surface area contributed by atoms with E-state index in [-0.39, 0.29) is 24.5 Å². The van der Waals surface area contributed by atoms with Gasteiger partial charge in [-0.1, -0.05) is 6.07 Å². The Morgan fingerprint density at radius 3 is 2.24 bits per heavy atom. The molecule has 0 bridgehead atoms. The molecule has 120 valence electrons. The molecule has 1 aromatic rings. The zero-order valence-electron chi connectivity index (χ0n) is 12.2. The van der Waals surface area contributed by atoms with Crippen molar-refractivity contribution < 1.29 is 17.9 Å². The summed E-state index contributed by atoms with van der Waals surface area (Å²) in [7, 11) is -0.570. The quantitative estimate of drug-likeness (QED) is 0.695. The van der Waals surface area contributed by atoms with Gasteiger partial charge in [0.25, 0.3) is 0 Å². The van der Waals surface area contributed by atoms with Crippen LogP contribution >= 0.6 is 15.9 Å². The fraction of sp³-hybridized carbons (Fsp3) is 0.538. The lowest BCUT2D eigenvalue weighted by molar-refractivity contribution is 0.150. The predicted octanol–water partition coefficient (Wildman–Crippen LogP) is 1.19. The van der Waals surface area contributed by atoms with Gasteiger partial charge in [0, 0.05) is 38.3 Å². The molecule has 0 aromatic heterocycles. The summed E-state index contributed by atoms with van der Waals surface area (Å²) >= 11 is 3.29. The van der Waals surface area contributed by atoms with Gasteiger partial charge in [0.2, 0.25) is 10.0 Å². The minimum atomic E-state index is -3.64. The summed E-state index contributed by atoms with van der Waals surface area (Å²) < 4.78 is 37.4. The van der Waals surface area contributed by atoms with Crippen molar-refractivity contribution in [1.82, 2.24) is 4.31 Å². The zero-order valence-corrected chi connectivity index (χ0v) is 14.6. The highest BCUT2D eigenvalue weighted by molar-refractivity contribution is 9.10. The molecule has 2 N–H and O–H groups in total. The molecule has 1 rings (SSSR count). The summed E-state index contributed by atoms with van der Waals surface area (Å²) in [4.78, 5) is 0.206. The van der Waals surface area contributed by atoms with Gasteiger partial charge in [-0.3, -0.25) is 0 Å². The van der Waals surface area contributed by atoms with Gasteiger partial charge in [-0.15, -0.1) is 0 Å². The third-order valence-corrected chi connectivity index (χ3v) is 5.83. The highest BCUT2D eigenvalue weighted by atomic mass is 79.9. The van der Waals surface area contributed by atoms with E-state index in [4.69, 9.17) is 15.2 Å². The van der Waals surface area contributed by atoms with E-state index in [1.165, 1.54) is 18.5 Å². The van der Waals surface area contributed by atoms with E-state index in [0.29, 0.717) is 17.7 Å². The Morgan fingerprint density at radius 1 is 1.19 bits per heavy atom. The maximum atomic E-state index is 12.8. The second-order valence-corrected chi connectivity index (χ2v) is 7.12. The molecule has 0 spiro atoms. The van der Waals surface area contributed by atoms with Crippen LogP contribution in [0.5, 0.6) is 0 Å². The summed E-state index contributed by atoms with van der Waals surface area (Å²) in [5, 5.41) is 0.